The highest BCUT2D eigenvalue weighted by atomic mass is 35.5. The van der Waals surface area contributed by atoms with E-state index in [0.717, 1.165) is 11.1 Å². The van der Waals surface area contributed by atoms with Crippen LogP contribution in [0.4, 0.5) is 0 Å². The lowest BCUT2D eigenvalue weighted by molar-refractivity contribution is -0.130. The molecule has 0 spiro atoms. The SMILES string of the molecule is O=C1OC(Cc2ccc(Cl)cc2)=N/C1=C/c1ccc(Cl)cc1. The maximum Gasteiger partial charge on any atom is 0.363 e. The number of hydrogen-bond donors (Lipinski definition) is 0. The molecule has 1 aliphatic rings. The van der Waals surface area contributed by atoms with Crippen LogP contribution >= 0.6 is 23.2 Å². The normalized spacial score (nSPS) is 15.8. The number of cyclic esters (lactones) is 1. The summed E-state index contributed by atoms with van der Waals surface area (Å²) in [7, 11) is 0. The van der Waals surface area contributed by atoms with Crippen LogP contribution in [0, 0.1) is 0 Å². The average Bonchev–Trinajstić information content (AvgIpc) is 2.84. The van der Waals surface area contributed by atoms with Gasteiger partial charge >= 0.3 is 5.97 Å². The third-order valence-corrected chi connectivity index (χ3v) is 3.61. The zero-order chi connectivity index (χ0) is 15.5. The van der Waals surface area contributed by atoms with E-state index in [-0.39, 0.29) is 5.70 Å². The van der Waals surface area contributed by atoms with E-state index in [9.17, 15) is 4.79 Å². The number of esters is 1. The van der Waals surface area contributed by atoms with Gasteiger partial charge in [-0.2, -0.15) is 0 Å². The minimum Gasteiger partial charge on any atom is -0.406 e. The Morgan fingerprint density at radius 2 is 1.55 bits per heavy atom. The molecule has 0 atom stereocenters. The van der Waals surface area contributed by atoms with E-state index in [4.69, 9.17) is 27.9 Å². The topological polar surface area (TPSA) is 38.7 Å². The van der Waals surface area contributed by atoms with Gasteiger partial charge in [-0.25, -0.2) is 9.79 Å². The van der Waals surface area contributed by atoms with Gasteiger partial charge in [-0.05, 0) is 41.5 Å². The summed E-state index contributed by atoms with van der Waals surface area (Å²) < 4.78 is 5.19. The van der Waals surface area contributed by atoms with Crippen molar-refractivity contribution < 1.29 is 9.53 Å². The number of hydrogen-bond acceptors (Lipinski definition) is 3. The second-order valence-electron chi connectivity index (χ2n) is 4.78. The minimum atomic E-state index is -0.445. The molecule has 2 aromatic rings. The predicted molar refractivity (Wildman–Crippen MR) is 88.1 cm³/mol. The Hall–Kier alpha value is -2.10. The molecule has 2 aromatic carbocycles. The second kappa shape index (κ2) is 6.34. The molecule has 0 saturated carbocycles. The number of nitrogens with zero attached hydrogens (tertiary/aromatic N) is 1. The number of halogens is 2. The van der Waals surface area contributed by atoms with Crippen LogP contribution in [0.2, 0.25) is 10.0 Å². The van der Waals surface area contributed by atoms with Gasteiger partial charge in [0.25, 0.3) is 0 Å². The Morgan fingerprint density at radius 3 is 2.18 bits per heavy atom. The van der Waals surface area contributed by atoms with Crippen LogP contribution in [0.3, 0.4) is 0 Å². The quantitative estimate of drug-likeness (QED) is 0.612. The Kier molecular flexibility index (Phi) is 4.27. The molecule has 0 bridgehead atoms. The van der Waals surface area contributed by atoms with Crippen molar-refractivity contribution in [2.75, 3.05) is 0 Å². The number of rotatable bonds is 3. The van der Waals surface area contributed by atoms with Crippen LogP contribution in [0.25, 0.3) is 6.08 Å². The Labute approximate surface area is 137 Å². The molecule has 0 aromatic heterocycles. The molecule has 1 heterocycles. The molecule has 0 unspecified atom stereocenters. The van der Waals surface area contributed by atoms with Crippen LogP contribution in [-0.2, 0) is 16.0 Å². The zero-order valence-corrected chi connectivity index (χ0v) is 12.9. The molecule has 0 radical (unpaired) electrons. The van der Waals surface area contributed by atoms with Gasteiger partial charge in [0, 0.05) is 16.5 Å². The number of benzene rings is 2. The van der Waals surface area contributed by atoms with Gasteiger partial charge in [-0.1, -0.05) is 47.5 Å². The van der Waals surface area contributed by atoms with Crippen molar-refractivity contribution in [2.24, 2.45) is 4.99 Å². The molecule has 0 amide bonds. The van der Waals surface area contributed by atoms with Crippen molar-refractivity contribution in [1.29, 1.82) is 0 Å². The Balaban J connectivity index is 1.79. The van der Waals surface area contributed by atoms with Crippen molar-refractivity contribution in [1.82, 2.24) is 0 Å². The number of carbonyl (C=O) groups excluding carboxylic acids is 1. The molecule has 0 N–H and O–H groups in total. The number of ether oxygens (including phenoxy) is 1. The largest absolute Gasteiger partial charge is 0.406 e. The molecule has 0 saturated heterocycles. The third kappa shape index (κ3) is 3.56. The van der Waals surface area contributed by atoms with Crippen LogP contribution < -0.4 is 0 Å². The van der Waals surface area contributed by atoms with Gasteiger partial charge < -0.3 is 4.74 Å². The summed E-state index contributed by atoms with van der Waals surface area (Å²) in [5, 5.41) is 1.31. The number of carbonyl (C=O) groups is 1. The Bertz CT molecular complexity index is 762. The van der Waals surface area contributed by atoms with Crippen LogP contribution in [0.1, 0.15) is 11.1 Å². The second-order valence-corrected chi connectivity index (χ2v) is 5.65. The molecule has 3 nitrogen and oxygen atoms in total. The lowest BCUT2D eigenvalue weighted by Crippen LogP contribution is -2.06. The van der Waals surface area contributed by atoms with Crippen molar-refractivity contribution in [3.8, 4) is 0 Å². The first kappa shape index (κ1) is 14.8. The molecule has 0 aliphatic carbocycles. The fourth-order valence-corrected chi connectivity index (χ4v) is 2.27. The highest BCUT2D eigenvalue weighted by Crippen LogP contribution is 2.19. The highest BCUT2D eigenvalue weighted by Gasteiger charge is 2.22. The molecule has 1 aliphatic heterocycles. The summed E-state index contributed by atoms with van der Waals surface area (Å²) in [6, 6.07) is 14.5. The molecule has 22 heavy (non-hydrogen) atoms. The van der Waals surface area contributed by atoms with E-state index in [1.165, 1.54) is 0 Å². The van der Waals surface area contributed by atoms with E-state index in [2.05, 4.69) is 4.99 Å². The molecule has 5 heteroatoms. The monoisotopic (exact) mass is 331 g/mol. The summed E-state index contributed by atoms with van der Waals surface area (Å²) in [5.41, 5.74) is 2.10. The smallest absolute Gasteiger partial charge is 0.363 e. The fourth-order valence-electron chi connectivity index (χ4n) is 2.02. The van der Waals surface area contributed by atoms with Crippen molar-refractivity contribution in [2.45, 2.75) is 6.42 Å². The van der Waals surface area contributed by atoms with E-state index < -0.39 is 5.97 Å². The lowest BCUT2D eigenvalue weighted by Gasteiger charge is -1.99. The maximum absolute atomic E-state index is 11.8. The van der Waals surface area contributed by atoms with Gasteiger partial charge in [0.1, 0.15) is 0 Å². The summed E-state index contributed by atoms with van der Waals surface area (Å²) in [4.78, 5) is 16.1. The van der Waals surface area contributed by atoms with Crippen LogP contribution in [-0.4, -0.2) is 11.9 Å². The maximum atomic E-state index is 11.8. The first-order valence-corrected chi connectivity index (χ1v) is 7.37. The molecular weight excluding hydrogens is 321 g/mol. The highest BCUT2D eigenvalue weighted by molar-refractivity contribution is 6.30. The van der Waals surface area contributed by atoms with Crippen LogP contribution in [0.15, 0.2) is 59.2 Å². The van der Waals surface area contributed by atoms with Gasteiger partial charge in [-0.3, -0.25) is 0 Å². The predicted octanol–water partition coefficient (Wildman–Crippen LogP) is 4.53. The zero-order valence-electron chi connectivity index (χ0n) is 11.4. The van der Waals surface area contributed by atoms with Crippen LogP contribution in [0.5, 0.6) is 0 Å². The van der Waals surface area contributed by atoms with E-state index in [0.29, 0.717) is 22.4 Å². The van der Waals surface area contributed by atoms with Crippen molar-refractivity contribution in [3.63, 3.8) is 0 Å². The Morgan fingerprint density at radius 1 is 0.955 bits per heavy atom. The average molecular weight is 332 g/mol. The molecule has 110 valence electrons. The fraction of sp³-hybridized carbons (Fsp3) is 0.0588. The van der Waals surface area contributed by atoms with Crippen molar-refractivity contribution in [3.05, 3.63) is 75.4 Å². The first-order valence-electron chi connectivity index (χ1n) is 6.61. The van der Waals surface area contributed by atoms with Gasteiger partial charge in [0.2, 0.25) is 5.90 Å². The third-order valence-electron chi connectivity index (χ3n) is 3.11. The number of aliphatic imine (C=N–C) groups is 1. The summed E-state index contributed by atoms with van der Waals surface area (Å²) in [6.07, 6.45) is 2.12. The summed E-state index contributed by atoms with van der Waals surface area (Å²) in [5.74, 6) is -0.0635. The molecule has 0 fully saturated rings. The standard InChI is InChI=1S/C17H11Cl2NO2/c18-13-5-1-11(2-6-13)9-15-17(21)22-16(20-15)10-12-3-7-14(19)8-4-12/h1-9H,10H2/b15-9+. The summed E-state index contributed by atoms with van der Waals surface area (Å²) in [6.45, 7) is 0. The van der Waals surface area contributed by atoms with Gasteiger partial charge in [0.05, 0.1) is 0 Å². The molecular formula is C17H11Cl2NO2. The van der Waals surface area contributed by atoms with Gasteiger partial charge in [0.15, 0.2) is 5.70 Å². The van der Waals surface area contributed by atoms with E-state index in [1.54, 1.807) is 30.3 Å². The van der Waals surface area contributed by atoms with Gasteiger partial charge in [-0.15, -0.1) is 0 Å². The van der Waals surface area contributed by atoms with E-state index in [1.807, 2.05) is 24.3 Å². The summed E-state index contributed by atoms with van der Waals surface area (Å²) >= 11 is 11.7. The minimum absolute atomic E-state index is 0.284. The first-order chi connectivity index (χ1) is 10.6. The molecule has 3 rings (SSSR count). The lowest BCUT2D eigenvalue weighted by atomic mass is 10.1. The van der Waals surface area contributed by atoms with Crippen molar-refractivity contribution >= 4 is 41.1 Å². The van der Waals surface area contributed by atoms with E-state index >= 15 is 0 Å².